The number of hydrogen-bond acceptors (Lipinski definition) is 2. The second-order valence-electron chi connectivity index (χ2n) is 7.03. The molecular formula is C22H29N5. The van der Waals surface area contributed by atoms with E-state index in [0.717, 1.165) is 25.5 Å². The standard InChI is InChI=1S/C22H29N5/c1-16-5-10-20-18(15-25-21(20)13-16)11-12-24-22(23-2)26-14-17-6-8-19(9-7-17)27(3)4/h5-10,13,15,25H,11-12,14H2,1-4H3,(H2,23,24,26). The zero-order chi connectivity index (χ0) is 19.2. The van der Waals surface area contributed by atoms with Crippen molar-refractivity contribution in [3.8, 4) is 0 Å². The number of aromatic nitrogens is 1. The first-order chi connectivity index (χ1) is 13.1. The zero-order valence-corrected chi connectivity index (χ0v) is 16.6. The average Bonchev–Trinajstić information content (AvgIpc) is 3.06. The maximum absolute atomic E-state index is 4.32. The quantitative estimate of drug-likeness (QED) is 0.464. The van der Waals surface area contributed by atoms with Gasteiger partial charge in [0, 0.05) is 57.0 Å². The van der Waals surface area contributed by atoms with E-state index in [2.05, 4.69) is 81.1 Å². The number of rotatable bonds is 6. The van der Waals surface area contributed by atoms with Crippen LogP contribution in [-0.2, 0) is 13.0 Å². The van der Waals surface area contributed by atoms with Gasteiger partial charge in [-0.1, -0.05) is 24.3 Å². The van der Waals surface area contributed by atoms with E-state index in [1.807, 2.05) is 14.1 Å². The van der Waals surface area contributed by atoms with E-state index in [1.54, 1.807) is 7.05 Å². The SMILES string of the molecule is CN=C(NCCc1c[nH]c2cc(C)ccc12)NCc1ccc(N(C)C)cc1. The van der Waals surface area contributed by atoms with E-state index in [0.29, 0.717) is 0 Å². The molecule has 0 unspecified atom stereocenters. The van der Waals surface area contributed by atoms with Gasteiger partial charge >= 0.3 is 0 Å². The smallest absolute Gasteiger partial charge is 0.191 e. The Kier molecular flexibility index (Phi) is 6.01. The Hall–Kier alpha value is -2.95. The topological polar surface area (TPSA) is 55.5 Å². The predicted molar refractivity (Wildman–Crippen MR) is 116 cm³/mol. The summed E-state index contributed by atoms with van der Waals surface area (Å²) in [5.41, 5.74) is 6.24. The van der Waals surface area contributed by atoms with Crippen molar-refractivity contribution < 1.29 is 0 Å². The summed E-state index contributed by atoms with van der Waals surface area (Å²) >= 11 is 0. The molecule has 2 aromatic carbocycles. The maximum Gasteiger partial charge on any atom is 0.191 e. The summed E-state index contributed by atoms with van der Waals surface area (Å²) < 4.78 is 0. The van der Waals surface area contributed by atoms with Gasteiger partial charge in [0.2, 0.25) is 0 Å². The Balaban J connectivity index is 1.50. The van der Waals surface area contributed by atoms with Gasteiger partial charge in [-0.15, -0.1) is 0 Å². The van der Waals surface area contributed by atoms with Crippen LogP contribution in [0.25, 0.3) is 10.9 Å². The number of fused-ring (bicyclic) bond motifs is 1. The molecule has 0 saturated carbocycles. The molecule has 0 fully saturated rings. The third kappa shape index (κ3) is 4.82. The molecule has 0 atom stereocenters. The highest BCUT2D eigenvalue weighted by Crippen LogP contribution is 2.19. The molecule has 142 valence electrons. The third-order valence-electron chi connectivity index (χ3n) is 4.75. The summed E-state index contributed by atoms with van der Waals surface area (Å²) in [7, 11) is 5.90. The number of guanidine groups is 1. The minimum atomic E-state index is 0.750. The first kappa shape index (κ1) is 18.8. The molecule has 0 aliphatic rings. The number of H-pyrrole nitrogens is 1. The van der Waals surface area contributed by atoms with Crippen molar-refractivity contribution in [1.82, 2.24) is 15.6 Å². The molecule has 0 saturated heterocycles. The highest BCUT2D eigenvalue weighted by Gasteiger charge is 2.05. The predicted octanol–water partition coefficient (Wildman–Crippen LogP) is 3.45. The lowest BCUT2D eigenvalue weighted by Gasteiger charge is -2.14. The molecule has 5 heteroatoms. The highest BCUT2D eigenvalue weighted by atomic mass is 15.2. The molecule has 3 rings (SSSR count). The Morgan fingerprint density at radius 3 is 2.56 bits per heavy atom. The maximum atomic E-state index is 4.32. The number of anilines is 1. The van der Waals surface area contributed by atoms with Crippen molar-refractivity contribution in [2.75, 3.05) is 32.6 Å². The van der Waals surface area contributed by atoms with Crippen LogP contribution in [0.15, 0.2) is 53.7 Å². The number of hydrogen-bond donors (Lipinski definition) is 3. The van der Waals surface area contributed by atoms with E-state index in [-0.39, 0.29) is 0 Å². The normalized spacial score (nSPS) is 11.6. The number of nitrogens with zero attached hydrogens (tertiary/aromatic N) is 2. The molecular weight excluding hydrogens is 334 g/mol. The molecule has 0 spiro atoms. The fourth-order valence-corrected chi connectivity index (χ4v) is 3.14. The van der Waals surface area contributed by atoms with Crippen molar-refractivity contribution in [3.05, 3.63) is 65.4 Å². The van der Waals surface area contributed by atoms with E-state index in [9.17, 15) is 0 Å². The fraction of sp³-hybridized carbons (Fsp3) is 0.318. The minimum absolute atomic E-state index is 0.750. The fourth-order valence-electron chi connectivity index (χ4n) is 3.14. The van der Waals surface area contributed by atoms with Crippen LogP contribution < -0.4 is 15.5 Å². The highest BCUT2D eigenvalue weighted by molar-refractivity contribution is 5.84. The van der Waals surface area contributed by atoms with Crippen LogP contribution in [0.1, 0.15) is 16.7 Å². The van der Waals surface area contributed by atoms with Gasteiger partial charge < -0.3 is 20.5 Å². The Morgan fingerprint density at radius 1 is 1.07 bits per heavy atom. The molecule has 0 aliphatic carbocycles. The van der Waals surface area contributed by atoms with Gasteiger partial charge in [0.1, 0.15) is 0 Å². The molecule has 3 aromatic rings. The zero-order valence-electron chi connectivity index (χ0n) is 16.6. The summed E-state index contributed by atoms with van der Waals surface area (Å²) in [4.78, 5) is 9.78. The van der Waals surface area contributed by atoms with Gasteiger partial charge in [0.25, 0.3) is 0 Å². The lowest BCUT2D eigenvalue weighted by Crippen LogP contribution is -2.37. The molecule has 1 aromatic heterocycles. The average molecular weight is 364 g/mol. The van der Waals surface area contributed by atoms with Crippen molar-refractivity contribution in [2.24, 2.45) is 4.99 Å². The second-order valence-corrected chi connectivity index (χ2v) is 7.03. The van der Waals surface area contributed by atoms with Gasteiger partial charge in [-0.25, -0.2) is 0 Å². The summed E-state index contributed by atoms with van der Waals surface area (Å²) in [6.45, 7) is 3.70. The van der Waals surface area contributed by atoms with E-state index in [4.69, 9.17) is 0 Å². The molecule has 5 nitrogen and oxygen atoms in total. The van der Waals surface area contributed by atoms with Crippen molar-refractivity contribution in [2.45, 2.75) is 19.9 Å². The van der Waals surface area contributed by atoms with Crippen molar-refractivity contribution >= 4 is 22.5 Å². The van der Waals surface area contributed by atoms with Crippen LogP contribution in [0, 0.1) is 6.92 Å². The number of aromatic amines is 1. The van der Waals surface area contributed by atoms with Gasteiger partial charge in [-0.2, -0.15) is 0 Å². The Morgan fingerprint density at radius 2 is 1.85 bits per heavy atom. The van der Waals surface area contributed by atoms with Crippen LogP contribution in [0.5, 0.6) is 0 Å². The molecule has 3 N–H and O–H groups in total. The van der Waals surface area contributed by atoms with Crippen LogP contribution in [0.2, 0.25) is 0 Å². The molecule has 27 heavy (non-hydrogen) atoms. The van der Waals surface area contributed by atoms with Crippen LogP contribution in [-0.4, -0.2) is 38.6 Å². The largest absolute Gasteiger partial charge is 0.378 e. The van der Waals surface area contributed by atoms with E-state index >= 15 is 0 Å². The first-order valence-corrected chi connectivity index (χ1v) is 9.34. The number of nitrogens with one attached hydrogen (secondary N) is 3. The van der Waals surface area contributed by atoms with Crippen LogP contribution >= 0.6 is 0 Å². The molecule has 0 aliphatic heterocycles. The monoisotopic (exact) mass is 363 g/mol. The molecule has 0 bridgehead atoms. The van der Waals surface area contributed by atoms with E-state index in [1.165, 1.54) is 33.3 Å². The minimum Gasteiger partial charge on any atom is -0.378 e. The van der Waals surface area contributed by atoms with Crippen LogP contribution in [0.4, 0.5) is 5.69 Å². The summed E-state index contributed by atoms with van der Waals surface area (Å²) in [5.74, 6) is 0.822. The lowest BCUT2D eigenvalue weighted by molar-refractivity contribution is 0.796. The Bertz CT molecular complexity index is 906. The summed E-state index contributed by atoms with van der Waals surface area (Å²) in [5, 5.41) is 8.07. The van der Waals surface area contributed by atoms with Crippen molar-refractivity contribution in [1.29, 1.82) is 0 Å². The number of aryl methyl sites for hydroxylation is 1. The Labute approximate surface area is 161 Å². The van der Waals surface area contributed by atoms with E-state index < -0.39 is 0 Å². The van der Waals surface area contributed by atoms with Crippen LogP contribution in [0.3, 0.4) is 0 Å². The molecule has 0 radical (unpaired) electrons. The summed E-state index contributed by atoms with van der Waals surface area (Å²) in [6.07, 6.45) is 3.05. The van der Waals surface area contributed by atoms with Gasteiger partial charge in [-0.3, -0.25) is 4.99 Å². The molecule has 0 amide bonds. The van der Waals surface area contributed by atoms with Crippen molar-refractivity contribution in [3.63, 3.8) is 0 Å². The lowest BCUT2D eigenvalue weighted by atomic mass is 10.1. The number of aliphatic imine (C=N–C) groups is 1. The summed E-state index contributed by atoms with van der Waals surface area (Å²) in [6, 6.07) is 15.1. The first-order valence-electron chi connectivity index (χ1n) is 9.34. The molecule has 1 heterocycles. The van der Waals surface area contributed by atoms with Gasteiger partial charge in [0.15, 0.2) is 5.96 Å². The second kappa shape index (κ2) is 8.62. The third-order valence-corrected chi connectivity index (χ3v) is 4.75. The number of benzene rings is 2. The van der Waals surface area contributed by atoms with Gasteiger partial charge in [0.05, 0.1) is 0 Å². The van der Waals surface area contributed by atoms with Gasteiger partial charge in [-0.05, 0) is 48.2 Å².